The molecular formula is C24H25F3N4O2. The number of alkyl halides is 3. The average Bonchev–Trinajstić information content (AvgIpc) is 3.58. The summed E-state index contributed by atoms with van der Waals surface area (Å²) in [6.07, 6.45) is 4.00. The fourth-order valence-electron chi connectivity index (χ4n) is 4.81. The molecule has 0 bridgehead atoms. The molecule has 2 heterocycles. The number of pyridine rings is 1. The molecule has 0 saturated heterocycles. The van der Waals surface area contributed by atoms with E-state index in [1.807, 2.05) is 10.7 Å². The summed E-state index contributed by atoms with van der Waals surface area (Å²) in [5.41, 5.74) is 0.714. The van der Waals surface area contributed by atoms with Gasteiger partial charge in [-0.15, -0.1) is 0 Å². The van der Waals surface area contributed by atoms with Crippen molar-refractivity contribution in [2.75, 3.05) is 11.9 Å². The van der Waals surface area contributed by atoms with Crippen molar-refractivity contribution in [3.8, 4) is 0 Å². The van der Waals surface area contributed by atoms with Crippen molar-refractivity contribution in [2.45, 2.75) is 56.7 Å². The van der Waals surface area contributed by atoms with Crippen molar-refractivity contribution in [3.05, 3.63) is 53.5 Å². The van der Waals surface area contributed by atoms with Crippen molar-refractivity contribution >= 4 is 22.5 Å². The van der Waals surface area contributed by atoms with E-state index >= 15 is 0 Å². The highest BCUT2D eigenvalue weighted by atomic mass is 19.4. The number of nitrogens with one attached hydrogen (secondary N) is 1. The molecule has 0 unspecified atom stereocenters. The summed E-state index contributed by atoms with van der Waals surface area (Å²) in [5.74, 6) is -0.261. The van der Waals surface area contributed by atoms with Gasteiger partial charge in [-0.25, -0.2) is 0 Å². The van der Waals surface area contributed by atoms with Gasteiger partial charge in [0.1, 0.15) is 5.69 Å². The van der Waals surface area contributed by atoms with Crippen molar-refractivity contribution < 1.29 is 23.1 Å². The molecular weight excluding hydrogens is 433 g/mol. The number of carbonyl (C=O) groups is 1. The number of hydrogen-bond acceptors (Lipinski definition) is 4. The highest BCUT2D eigenvalue weighted by Gasteiger charge is 2.36. The molecule has 6 nitrogen and oxygen atoms in total. The highest BCUT2D eigenvalue weighted by molar-refractivity contribution is 6.05. The van der Waals surface area contributed by atoms with E-state index in [-0.39, 0.29) is 18.6 Å². The molecule has 0 radical (unpaired) electrons. The Morgan fingerprint density at radius 3 is 2.58 bits per heavy atom. The van der Waals surface area contributed by atoms with E-state index in [1.54, 1.807) is 12.3 Å². The number of aliphatic hydroxyl groups is 1. The SMILES string of the molecule is O=C(Nc1cc2cnn(C3CCC(CO)CC3)c2cc1C1CC1)c1ncccc1C(F)(F)F. The molecule has 2 aliphatic carbocycles. The van der Waals surface area contributed by atoms with E-state index in [0.29, 0.717) is 11.6 Å². The molecule has 5 rings (SSSR count). The minimum atomic E-state index is -4.67. The minimum absolute atomic E-state index is 0.216. The molecule has 0 spiro atoms. The summed E-state index contributed by atoms with van der Waals surface area (Å²) in [6.45, 7) is 0.216. The third-order valence-corrected chi connectivity index (χ3v) is 6.78. The summed E-state index contributed by atoms with van der Waals surface area (Å²) in [5, 5.41) is 17.5. The number of hydrogen-bond donors (Lipinski definition) is 2. The average molecular weight is 458 g/mol. The van der Waals surface area contributed by atoms with Crippen LogP contribution in [0.5, 0.6) is 0 Å². The van der Waals surface area contributed by atoms with Gasteiger partial charge in [-0.05, 0) is 80.2 Å². The van der Waals surface area contributed by atoms with Crippen LogP contribution >= 0.6 is 0 Å². The molecule has 2 saturated carbocycles. The fraction of sp³-hybridized carbons (Fsp3) is 0.458. The van der Waals surface area contributed by atoms with E-state index in [2.05, 4.69) is 15.4 Å². The lowest BCUT2D eigenvalue weighted by atomic mass is 9.86. The zero-order chi connectivity index (χ0) is 23.2. The fourth-order valence-corrected chi connectivity index (χ4v) is 4.81. The lowest BCUT2D eigenvalue weighted by Gasteiger charge is -2.28. The Morgan fingerprint density at radius 2 is 1.91 bits per heavy atom. The van der Waals surface area contributed by atoms with E-state index in [0.717, 1.165) is 61.1 Å². The molecule has 2 fully saturated rings. The first-order valence-corrected chi connectivity index (χ1v) is 11.3. The quantitative estimate of drug-likeness (QED) is 0.544. The number of benzene rings is 1. The van der Waals surface area contributed by atoms with Crippen LogP contribution in [0.4, 0.5) is 18.9 Å². The molecule has 2 N–H and O–H groups in total. The number of rotatable bonds is 5. The number of fused-ring (bicyclic) bond motifs is 1. The Morgan fingerprint density at radius 1 is 1.15 bits per heavy atom. The summed E-state index contributed by atoms with van der Waals surface area (Å²) in [6, 6.07) is 6.11. The predicted molar refractivity (Wildman–Crippen MR) is 117 cm³/mol. The normalized spacial score (nSPS) is 21.3. The topological polar surface area (TPSA) is 80.0 Å². The number of aromatic nitrogens is 3. The summed E-state index contributed by atoms with van der Waals surface area (Å²) in [7, 11) is 0. The van der Waals surface area contributed by atoms with E-state index < -0.39 is 23.3 Å². The number of aliphatic hydroxyl groups excluding tert-OH is 1. The highest BCUT2D eigenvalue weighted by Crippen LogP contribution is 2.45. The number of halogens is 3. The Hall–Kier alpha value is -2.94. The van der Waals surface area contributed by atoms with Crippen molar-refractivity contribution in [3.63, 3.8) is 0 Å². The van der Waals surface area contributed by atoms with Gasteiger partial charge in [0.2, 0.25) is 0 Å². The Bertz CT molecular complexity index is 1180. The molecule has 2 aliphatic rings. The van der Waals surface area contributed by atoms with Crippen LogP contribution in [0.2, 0.25) is 0 Å². The van der Waals surface area contributed by atoms with Crippen LogP contribution in [0, 0.1) is 5.92 Å². The van der Waals surface area contributed by atoms with Gasteiger partial charge in [0.25, 0.3) is 5.91 Å². The van der Waals surface area contributed by atoms with Gasteiger partial charge in [0.05, 0.1) is 23.3 Å². The van der Waals surface area contributed by atoms with E-state index in [9.17, 15) is 23.1 Å². The van der Waals surface area contributed by atoms with Crippen LogP contribution in [0.1, 0.15) is 72.1 Å². The zero-order valence-corrected chi connectivity index (χ0v) is 18.0. The first-order chi connectivity index (χ1) is 15.8. The van der Waals surface area contributed by atoms with Gasteiger partial charge < -0.3 is 10.4 Å². The van der Waals surface area contributed by atoms with Crippen molar-refractivity contribution in [2.24, 2.45) is 5.92 Å². The molecule has 2 aromatic heterocycles. The molecule has 174 valence electrons. The van der Waals surface area contributed by atoms with Gasteiger partial charge in [0, 0.05) is 23.9 Å². The van der Waals surface area contributed by atoms with Gasteiger partial charge >= 0.3 is 6.18 Å². The molecule has 3 aromatic rings. The lowest BCUT2D eigenvalue weighted by molar-refractivity contribution is -0.138. The second-order valence-corrected chi connectivity index (χ2v) is 9.07. The molecule has 0 atom stereocenters. The summed E-state index contributed by atoms with van der Waals surface area (Å²) in [4.78, 5) is 16.5. The van der Waals surface area contributed by atoms with E-state index in [1.165, 1.54) is 12.3 Å². The van der Waals surface area contributed by atoms with Crippen LogP contribution in [0.25, 0.3) is 10.9 Å². The molecule has 9 heteroatoms. The van der Waals surface area contributed by atoms with Crippen molar-refractivity contribution in [1.82, 2.24) is 14.8 Å². The lowest BCUT2D eigenvalue weighted by Crippen LogP contribution is -2.21. The first-order valence-electron chi connectivity index (χ1n) is 11.3. The maximum atomic E-state index is 13.4. The number of amides is 1. The van der Waals surface area contributed by atoms with Gasteiger partial charge in [-0.3, -0.25) is 14.5 Å². The second-order valence-electron chi connectivity index (χ2n) is 9.07. The minimum Gasteiger partial charge on any atom is -0.396 e. The molecule has 0 aliphatic heterocycles. The third kappa shape index (κ3) is 4.34. The Kier molecular flexibility index (Phi) is 5.60. The van der Waals surface area contributed by atoms with Crippen LogP contribution in [-0.4, -0.2) is 32.4 Å². The van der Waals surface area contributed by atoms with Gasteiger partial charge in [-0.1, -0.05) is 0 Å². The van der Waals surface area contributed by atoms with Crippen LogP contribution in [-0.2, 0) is 6.18 Å². The van der Waals surface area contributed by atoms with Gasteiger partial charge in [-0.2, -0.15) is 18.3 Å². The molecule has 33 heavy (non-hydrogen) atoms. The summed E-state index contributed by atoms with van der Waals surface area (Å²) < 4.78 is 42.1. The van der Waals surface area contributed by atoms with E-state index in [4.69, 9.17) is 0 Å². The summed E-state index contributed by atoms with van der Waals surface area (Å²) >= 11 is 0. The molecule has 1 aromatic carbocycles. The maximum Gasteiger partial charge on any atom is 0.418 e. The largest absolute Gasteiger partial charge is 0.418 e. The smallest absolute Gasteiger partial charge is 0.396 e. The molecule has 1 amide bonds. The number of carbonyl (C=O) groups excluding carboxylic acids is 1. The third-order valence-electron chi connectivity index (χ3n) is 6.78. The standard InChI is InChI=1S/C24H25F3N4O2/c25-24(26,27)19-2-1-9-28-22(19)23(33)30-20-10-16-12-29-31(17-7-3-14(13-32)4-8-17)21(16)11-18(20)15-5-6-15/h1-2,9-12,14-15,17,32H,3-8,13H2,(H,30,33). The second kappa shape index (κ2) is 8.44. The van der Waals surface area contributed by atoms with Crippen molar-refractivity contribution in [1.29, 1.82) is 0 Å². The zero-order valence-electron chi connectivity index (χ0n) is 18.0. The van der Waals surface area contributed by atoms with Crippen LogP contribution in [0.3, 0.4) is 0 Å². The number of anilines is 1. The Labute approximate surface area is 188 Å². The van der Waals surface area contributed by atoms with Crippen LogP contribution in [0.15, 0.2) is 36.7 Å². The Balaban J connectivity index is 1.46. The monoisotopic (exact) mass is 458 g/mol. The predicted octanol–water partition coefficient (Wildman–Crippen LogP) is 5.30. The number of nitrogens with zero attached hydrogens (tertiary/aromatic N) is 3. The van der Waals surface area contributed by atoms with Crippen LogP contribution < -0.4 is 5.32 Å². The maximum absolute atomic E-state index is 13.4. The van der Waals surface area contributed by atoms with Gasteiger partial charge in [0.15, 0.2) is 0 Å². The first kappa shape index (κ1) is 21.9.